The van der Waals surface area contributed by atoms with Crippen LogP contribution in [0.25, 0.3) is 10.9 Å². The molecule has 1 N–H and O–H groups in total. The summed E-state index contributed by atoms with van der Waals surface area (Å²) >= 11 is 0. The van der Waals surface area contributed by atoms with Gasteiger partial charge >= 0.3 is 0 Å². The maximum Gasteiger partial charge on any atom is 0.252 e. The highest BCUT2D eigenvalue weighted by atomic mass is 16.1. The van der Waals surface area contributed by atoms with Crippen LogP contribution < -0.4 is 5.32 Å². The number of aromatic nitrogens is 1. The molecule has 2 bridgehead atoms. The summed E-state index contributed by atoms with van der Waals surface area (Å²) < 4.78 is 0. The number of carbonyl (C=O) groups excluding carboxylic acids is 1. The fourth-order valence-electron chi connectivity index (χ4n) is 5.25. The summed E-state index contributed by atoms with van der Waals surface area (Å²) in [6.45, 7) is 1.82. The predicted octanol–water partition coefficient (Wildman–Crippen LogP) is 3.14. The minimum absolute atomic E-state index is 0.114. The molecule has 4 nitrogen and oxygen atoms in total. The van der Waals surface area contributed by atoms with Crippen molar-refractivity contribution < 1.29 is 4.79 Å². The quantitative estimate of drug-likeness (QED) is 0.917. The van der Waals surface area contributed by atoms with E-state index in [2.05, 4.69) is 17.3 Å². The van der Waals surface area contributed by atoms with Crippen molar-refractivity contribution in [2.75, 3.05) is 13.6 Å². The zero-order valence-corrected chi connectivity index (χ0v) is 14.8. The van der Waals surface area contributed by atoms with Crippen LogP contribution >= 0.6 is 0 Å². The van der Waals surface area contributed by atoms with Crippen LogP contribution in [0.2, 0.25) is 0 Å². The van der Waals surface area contributed by atoms with Gasteiger partial charge in [0.05, 0.1) is 11.1 Å². The second-order valence-electron chi connectivity index (χ2n) is 8.17. The van der Waals surface area contributed by atoms with E-state index in [9.17, 15) is 4.79 Å². The molecule has 0 unspecified atom stereocenters. The number of benzene rings is 1. The Morgan fingerprint density at radius 2 is 2.12 bits per heavy atom. The largest absolute Gasteiger partial charge is 0.349 e. The smallest absolute Gasteiger partial charge is 0.252 e. The average molecular weight is 335 g/mol. The Kier molecular flexibility index (Phi) is 3.56. The standard InChI is InChI=1S/C21H25N3O/c1-24-9-8-18-16(12-24)20(15-4-2-3-5-17(15)22-18)21(25)23-19-11-13-6-7-14(19)10-13/h2-5,13-14,19H,6-12H2,1H3,(H,23,25)/t13-,14+,19+/m0/s1. The molecule has 0 saturated heterocycles. The number of hydrogen-bond acceptors (Lipinski definition) is 3. The molecule has 1 aromatic carbocycles. The van der Waals surface area contributed by atoms with Gasteiger partial charge in [-0.1, -0.05) is 24.6 Å². The van der Waals surface area contributed by atoms with E-state index in [0.717, 1.165) is 53.2 Å². The third-order valence-corrected chi connectivity index (χ3v) is 6.52. The second-order valence-corrected chi connectivity index (χ2v) is 8.17. The van der Waals surface area contributed by atoms with Crippen LogP contribution in [0, 0.1) is 11.8 Å². The minimum Gasteiger partial charge on any atom is -0.349 e. The highest BCUT2D eigenvalue weighted by molar-refractivity contribution is 6.07. The molecular formula is C21H25N3O. The van der Waals surface area contributed by atoms with E-state index in [1.165, 1.54) is 25.7 Å². The molecule has 4 heteroatoms. The molecule has 3 atom stereocenters. The van der Waals surface area contributed by atoms with Gasteiger partial charge in [0.25, 0.3) is 5.91 Å². The molecule has 0 radical (unpaired) electrons. The van der Waals surface area contributed by atoms with Crippen molar-refractivity contribution >= 4 is 16.8 Å². The molecule has 3 aliphatic rings. The highest BCUT2D eigenvalue weighted by Crippen LogP contribution is 2.44. The summed E-state index contributed by atoms with van der Waals surface area (Å²) in [5.41, 5.74) is 4.06. The first-order valence-electron chi connectivity index (χ1n) is 9.59. The molecule has 1 aliphatic heterocycles. The average Bonchev–Trinajstić information content (AvgIpc) is 3.22. The third kappa shape index (κ3) is 2.54. The first-order valence-corrected chi connectivity index (χ1v) is 9.59. The van der Waals surface area contributed by atoms with Crippen LogP contribution in [-0.4, -0.2) is 35.4 Å². The van der Waals surface area contributed by atoms with Gasteiger partial charge in [0.2, 0.25) is 0 Å². The van der Waals surface area contributed by atoms with Gasteiger partial charge in [0.15, 0.2) is 0 Å². The Labute approximate surface area is 148 Å². The van der Waals surface area contributed by atoms with Crippen molar-refractivity contribution in [3.63, 3.8) is 0 Å². The fraction of sp³-hybridized carbons (Fsp3) is 0.524. The first kappa shape index (κ1) is 15.3. The Hall–Kier alpha value is -1.94. The molecule has 130 valence electrons. The zero-order valence-electron chi connectivity index (χ0n) is 14.8. The van der Waals surface area contributed by atoms with Crippen LogP contribution in [0.3, 0.4) is 0 Å². The SMILES string of the molecule is CN1CCc2nc3ccccc3c(C(=O)N[C@@H]3C[C@H]4CC[C@@H]3C4)c2C1. The lowest BCUT2D eigenvalue weighted by molar-refractivity contribution is 0.0922. The maximum absolute atomic E-state index is 13.3. The number of para-hydroxylation sites is 1. The molecule has 2 fully saturated rings. The number of nitrogens with one attached hydrogen (secondary N) is 1. The number of hydrogen-bond donors (Lipinski definition) is 1. The summed E-state index contributed by atoms with van der Waals surface area (Å²) in [6.07, 6.45) is 6.04. The summed E-state index contributed by atoms with van der Waals surface area (Å²) in [5.74, 6) is 1.65. The molecule has 2 aromatic rings. The topological polar surface area (TPSA) is 45.2 Å². The Bertz CT molecular complexity index is 846. The highest BCUT2D eigenvalue weighted by Gasteiger charge is 2.40. The van der Waals surface area contributed by atoms with Gasteiger partial charge < -0.3 is 10.2 Å². The molecule has 2 heterocycles. The van der Waals surface area contributed by atoms with Gasteiger partial charge in [-0.15, -0.1) is 0 Å². The minimum atomic E-state index is 0.114. The van der Waals surface area contributed by atoms with Crippen molar-refractivity contribution in [2.24, 2.45) is 11.8 Å². The molecule has 1 amide bonds. The van der Waals surface area contributed by atoms with Crippen molar-refractivity contribution in [1.29, 1.82) is 0 Å². The van der Waals surface area contributed by atoms with Crippen LogP contribution in [0.5, 0.6) is 0 Å². The van der Waals surface area contributed by atoms with Crippen LogP contribution in [0.15, 0.2) is 24.3 Å². The first-order chi connectivity index (χ1) is 12.2. The Morgan fingerprint density at radius 3 is 2.92 bits per heavy atom. The fourth-order valence-corrected chi connectivity index (χ4v) is 5.25. The third-order valence-electron chi connectivity index (χ3n) is 6.52. The molecule has 1 aromatic heterocycles. The summed E-state index contributed by atoms with van der Waals surface area (Å²) in [7, 11) is 2.12. The van der Waals surface area contributed by atoms with Crippen molar-refractivity contribution in [3.8, 4) is 0 Å². The lowest BCUT2D eigenvalue weighted by Gasteiger charge is -2.28. The predicted molar refractivity (Wildman–Crippen MR) is 98.5 cm³/mol. The Morgan fingerprint density at radius 1 is 1.24 bits per heavy atom. The number of nitrogens with zero attached hydrogens (tertiary/aromatic N) is 2. The maximum atomic E-state index is 13.3. The van der Waals surface area contributed by atoms with Crippen molar-refractivity contribution in [3.05, 3.63) is 41.1 Å². The van der Waals surface area contributed by atoms with Gasteiger partial charge in [-0.05, 0) is 44.2 Å². The van der Waals surface area contributed by atoms with E-state index >= 15 is 0 Å². The monoisotopic (exact) mass is 335 g/mol. The summed E-state index contributed by atoms with van der Waals surface area (Å²) in [4.78, 5) is 20.5. The van der Waals surface area contributed by atoms with E-state index in [4.69, 9.17) is 4.98 Å². The van der Waals surface area contributed by atoms with E-state index in [1.807, 2.05) is 24.3 Å². The van der Waals surface area contributed by atoms with E-state index in [0.29, 0.717) is 12.0 Å². The van der Waals surface area contributed by atoms with Gasteiger partial charge in [-0.25, -0.2) is 0 Å². The van der Waals surface area contributed by atoms with Gasteiger partial charge in [0, 0.05) is 42.2 Å². The number of rotatable bonds is 2. The lowest BCUT2D eigenvalue weighted by atomic mass is 9.93. The Balaban J connectivity index is 1.56. The molecule has 0 spiro atoms. The van der Waals surface area contributed by atoms with E-state index in [1.54, 1.807) is 0 Å². The second kappa shape index (κ2) is 5.80. The number of fused-ring (bicyclic) bond motifs is 4. The molecule has 2 aliphatic carbocycles. The summed E-state index contributed by atoms with van der Waals surface area (Å²) in [6, 6.07) is 8.47. The summed E-state index contributed by atoms with van der Waals surface area (Å²) in [5, 5.41) is 4.40. The number of likely N-dealkylation sites (N-methyl/N-ethyl adjacent to an activating group) is 1. The van der Waals surface area contributed by atoms with Crippen LogP contribution in [0.1, 0.15) is 47.3 Å². The number of carbonyl (C=O) groups is 1. The van der Waals surface area contributed by atoms with E-state index < -0.39 is 0 Å². The van der Waals surface area contributed by atoms with Crippen molar-refractivity contribution in [1.82, 2.24) is 15.2 Å². The van der Waals surface area contributed by atoms with E-state index in [-0.39, 0.29) is 5.91 Å². The van der Waals surface area contributed by atoms with Gasteiger partial charge in [0.1, 0.15) is 0 Å². The van der Waals surface area contributed by atoms with Crippen molar-refractivity contribution in [2.45, 2.75) is 44.7 Å². The van der Waals surface area contributed by atoms with Crippen LogP contribution in [-0.2, 0) is 13.0 Å². The number of pyridine rings is 1. The molecular weight excluding hydrogens is 310 g/mol. The lowest BCUT2D eigenvalue weighted by Crippen LogP contribution is -2.40. The van der Waals surface area contributed by atoms with Gasteiger partial charge in [-0.3, -0.25) is 9.78 Å². The molecule has 2 saturated carbocycles. The normalized spacial score (nSPS) is 28.3. The molecule has 5 rings (SSSR count). The molecule has 25 heavy (non-hydrogen) atoms. The van der Waals surface area contributed by atoms with Crippen LogP contribution in [0.4, 0.5) is 0 Å². The zero-order chi connectivity index (χ0) is 17.0. The number of amides is 1. The van der Waals surface area contributed by atoms with Gasteiger partial charge in [-0.2, -0.15) is 0 Å².